The Bertz CT molecular complexity index is 1140. The summed E-state index contributed by atoms with van der Waals surface area (Å²) in [5.74, 6) is -0.0979. The second kappa shape index (κ2) is 8.34. The Labute approximate surface area is 181 Å². The molecule has 1 heterocycles. The van der Waals surface area contributed by atoms with Gasteiger partial charge < -0.3 is 4.74 Å². The summed E-state index contributed by atoms with van der Waals surface area (Å²) < 4.78 is 5.45. The third-order valence-electron chi connectivity index (χ3n) is 5.71. The average Bonchev–Trinajstić information content (AvgIpc) is 2.74. The fourth-order valence-corrected chi connectivity index (χ4v) is 4.21. The number of hydrogen-bond donors (Lipinski definition) is 0. The van der Waals surface area contributed by atoms with E-state index in [2.05, 4.69) is 13.8 Å². The standard InChI is InChI=1S/C26H25NO4/c1-16(2)20-13-12-19(15-17(20)3)31-23(28)11-6-14-27-25(29)21-9-4-7-18-8-5-10-22(24(18)21)26(27)30/h4-5,7-10,12-13,15-16H,6,11,14H2,1-3H3. The molecule has 5 heteroatoms. The smallest absolute Gasteiger partial charge is 0.311 e. The zero-order valence-corrected chi connectivity index (χ0v) is 18.0. The maximum atomic E-state index is 12.9. The summed E-state index contributed by atoms with van der Waals surface area (Å²) in [5.41, 5.74) is 3.35. The highest BCUT2D eigenvalue weighted by molar-refractivity contribution is 6.25. The first-order valence-corrected chi connectivity index (χ1v) is 10.6. The number of carbonyl (C=O) groups excluding carboxylic acids is 3. The van der Waals surface area contributed by atoms with Crippen LogP contribution in [0.15, 0.2) is 54.6 Å². The van der Waals surface area contributed by atoms with Gasteiger partial charge in [-0.25, -0.2) is 0 Å². The molecule has 1 aliphatic rings. The molecule has 0 N–H and O–H groups in total. The molecule has 158 valence electrons. The van der Waals surface area contributed by atoms with Gasteiger partial charge in [-0.2, -0.15) is 0 Å². The molecule has 2 amide bonds. The van der Waals surface area contributed by atoms with Crippen LogP contribution in [0.3, 0.4) is 0 Å². The van der Waals surface area contributed by atoms with Crippen LogP contribution in [0.5, 0.6) is 5.75 Å². The topological polar surface area (TPSA) is 63.7 Å². The third-order valence-corrected chi connectivity index (χ3v) is 5.71. The summed E-state index contributed by atoms with van der Waals surface area (Å²) in [6.45, 7) is 6.41. The largest absolute Gasteiger partial charge is 0.427 e. The summed E-state index contributed by atoms with van der Waals surface area (Å²) in [7, 11) is 0. The van der Waals surface area contributed by atoms with E-state index in [4.69, 9.17) is 4.74 Å². The van der Waals surface area contributed by atoms with E-state index < -0.39 is 0 Å². The number of ether oxygens (including phenoxy) is 1. The highest BCUT2D eigenvalue weighted by Gasteiger charge is 2.32. The number of imide groups is 1. The first kappa shape index (κ1) is 20.8. The number of benzene rings is 3. The van der Waals surface area contributed by atoms with Crippen molar-refractivity contribution in [3.05, 3.63) is 76.9 Å². The predicted octanol–water partition coefficient (Wildman–Crippen LogP) is 5.25. The molecule has 0 radical (unpaired) electrons. The van der Waals surface area contributed by atoms with E-state index in [1.165, 1.54) is 10.5 Å². The zero-order valence-electron chi connectivity index (χ0n) is 18.0. The molecule has 0 saturated carbocycles. The Kier molecular flexibility index (Phi) is 5.59. The molecule has 0 unspecified atom stereocenters. The van der Waals surface area contributed by atoms with Crippen LogP contribution in [0.25, 0.3) is 10.8 Å². The van der Waals surface area contributed by atoms with E-state index in [-0.39, 0.29) is 30.7 Å². The minimum absolute atomic E-state index is 0.119. The van der Waals surface area contributed by atoms with Crippen molar-refractivity contribution in [3.63, 3.8) is 0 Å². The van der Waals surface area contributed by atoms with Crippen molar-refractivity contribution in [2.75, 3.05) is 6.54 Å². The van der Waals surface area contributed by atoms with Crippen LogP contribution in [-0.4, -0.2) is 29.2 Å². The maximum Gasteiger partial charge on any atom is 0.311 e. The third kappa shape index (κ3) is 3.96. The van der Waals surface area contributed by atoms with Crippen LogP contribution >= 0.6 is 0 Å². The molecule has 4 rings (SSSR count). The van der Waals surface area contributed by atoms with Gasteiger partial charge in [0, 0.05) is 29.5 Å². The lowest BCUT2D eigenvalue weighted by atomic mass is 9.94. The summed E-state index contributed by atoms with van der Waals surface area (Å²) in [6.07, 6.45) is 0.464. The molecule has 0 aliphatic carbocycles. The summed E-state index contributed by atoms with van der Waals surface area (Å²) >= 11 is 0. The number of rotatable bonds is 6. The molecule has 3 aromatic carbocycles. The molecule has 0 bridgehead atoms. The summed E-state index contributed by atoms with van der Waals surface area (Å²) in [5, 5.41) is 1.58. The fourth-order valence-electron chi connectivity index (χ4n) is 4.21. The predicted molar refractivity (Wildman–Crippen MR) is 119 cm³/mol. The monoisotopic (exact) mass is 415 g/mol. The van der Waals surface area contributed by atoms with Gasteiger partial charge in [-0.3, -0.25) is 19.3 Å². The Balaban J connectivity index is 1.40. The van der Waals surface area contributed by atoms with E-state index in [0.29, 0.717) is 34.6 Å². The first-order chi connectivity index (χ1) is 14.9. The lowest BCUT2D eigenvalue weighted by Crippen LogP contribution is -2.41. The number of esters is 1. The van der Waals surface area contributed by atoms with Gasteiger partial charge in [-0.05, 0) is 60.0 Å². The quantitative estimate of drug-likeness (QED) is 0.313. The van der Waals surface area contributed by atoms with E-state index in [1.807, 2.05) is 43.3 Å². The Morgan fingerprint density at radius 2 is 1.61 bits per heavy atom. The van der Waals surface area contributed by atoms with Crippen molar-refractivity contribution < 1.29 is 19.1 Å². The normalized spacial score (nSPS) is 13.2. The van der Waals surface area contributed by atoms with Gasteiger partial charge in [0.15, 0.2) is 0 Å². The lowest BCUT2D eigenvalue weighted by molar-refractivity contribution is -0.134. The molecule has 31 heavy (non-hydrogen) atoms. The van der Waals surface area contributed by atoms with E-state index in [1.54, 1.807) is 18.2 Å². The Morgan fingerprint density at radius 3 is 2.19 bits per heavy atom. The molecule has 0 atom stereocenters. The maximum absolute atomic E-state index is 12.9. The zero-order chi connectivity index (χ0) is 22.1. The Morgan fingerprint density at radius 1 is 0.968 bits per heavy atom. The molecular weight excluding hydrogens is 390 g/mol. The van der Waals surface area contributed by atoms with E-state index >= 15 is 0 Å². The van der Waals surface area contributed by atoms with Gasteiger partial charge >= 0.3 is 5.97 Å². The second-order valence-electron chi connectivity index (χ2n) is 8.22. The molecule has 1 aliphatic heterocycles. The van der Waals surface area contributed by atoms with Crippen molar-refractivity contribution in [2.45, 2.75) is 39.5 Å². The molecule has 0 spiro atoms. The van der Waals surface area contributed by atoms with Crippen LogP contribution in [-0.2, 0) is 4.79 Å². The minimum Gasteiger partial charge on any atom is -0.427 e. The highest BCUT2D eigenvalue weighted by Crippen LogP contribution is 2.30. The Hall–Kier alpha value is -3.47. The molecule has 5 nitrogen and oxygen atoms in total. The lowest BCUT2D eigenvalue weighted by Gasteiger charge is -2.27. The summed E-state index contributed by atoms with van der Waals surface area (Å²) in [6, 6.07) is 16.5. The van der Waals surface area contributed by atoms with Crippen LogP contribution in [0, 0.1) is 6.92 Å². The van der Waals surface area contributed by atoms with Gasteiger partial charge in [0.1, 0.15) is 5.75 Å². The van der Waals surface area contributed by atoms with Crippen molar-refractivity contribution in [2.24, 2.45) is 0 Å². The van der Waals surface area contributed by atoms with Gasteiger partial charge in [-0.1, -0.05) is 44.2 Å². The molecular formula is C26H25NO4. The number of aryl methyl sites for hydroxylation is 1. The van der Waals surface area contributed by atoms with E-state index in [0.717, 1.165) is 10.9 Å². The van der Waals surface area contributed by atoms with Crippen LogP contribution in [0.2, 0.25) is 0 Å². The fraction of sp³-hybridized carbons (Fsp3) is 0.269. The van der Waals surface area contributed by atoms with Gasteiger partial charge in [0.05, 0.1) is 0 Å². The summed E-state index contributed by atoms with van der Waals surface area (Å²) in [4.78, 5) is 39.3. The second-order valence-corrected chi connectivity index (χ2v) is 8.22. The van der Waals surface area contributed by atoms with Crippen LogP contribution in [0.4, 0.5) is 0 Å². The number of nitrogens with zero attached hydrogens (tertiary/aromatic N) is 1. The molecule has 0 aromatic heterocycles. The number of carbonyl (C=O) groups is 3. The molecule has 0 fully saturated rings. The van der Waals surface area contributed by atoms with Crippen LogP contribution in [0.1, 0.15) is 64.4 Å². The minimum atomic E-state index is -0.379. The van der Waals surface area contributed by atoms with Crippen molar-refractivity contribution in [1.82, 2.24) is 4.90 Å². The average molecular weight is 415 g/mol. The van der Waals surface area contributed by atoms with Gasteiger partial charge in [0.25, 0.3) is 11.8 Å². The highest BCUT2D eigenvalue weighted by atomic mass is 16.5. The SMILES string of the molecule is Cc1cc(OC(=O)CCCN2C(=O)c3cccc4cccc(c34)C2=O)ccc1C(C)C. The number of amides is 2. The van der Waals surface area contributed by atoms with Gasteiger partial charge in [-0.15, -0.1) is 0 Å². The van der Waals surface area contributed by atoms with Crippen molar-refractivity contribution >= 4 is 28.6 Å². The number of hydrogen-bond acceptors (Lipinski definition) is 4. The van der Waals surface area contributed by atoms with Crippen molar-refractivity contribution in [1.29, 1.82) is 0 Å². The van der Waals surface area contributed by atoms with Crippen LogP contribution < -0.4 is 4.74 Å². The first-order valence-electron chi connectivity index (χ1n) is 10.6. The van der Waals surface area contributed by atoms with Crippen molar-refractivity contribution in [3.8, 4) is 5.75 Å². The van der Waals surface area contributed by atoms with E-state index in [9.17, 15) is 14.4 Å². The van der Waals surface area contributed by atoms with Gasteiger partial charge in [0.2, 0.25) is 0 Å². The molecule has 3 aromatic rings. The molecule has 0 saturated heterocycles.